The SMILES string of the molecule is Cc1cc(NC(=O)NCC(O)CNc2ccncc2C)ccc1F. The zero-order chi connectivity index (χ0) is 17.5. The number of aliphatic hydroxyl groups is 1. The van der Waals surface area contributed by atoms with Crippen molar-refractivity contribution in [1.29, 1.82) is 0 Å². The van der Waals surface area contributed by atoms with Gasteiger partial charge in [-0.05, 0) is 49.2 Å². The summed E-state index contributed by atoms with van der Waals surface area (Å²) in [6, 6.07) is 5.67. The predicted octanol–water partition coefficient (Wildman–Crippen LogP) is 2.43. The number of carbonyl (C=O) groups excluding carboxylic acids is 1. The van der Waals surface area contributed by atoms with Crippen molar-refractivity contribution in [3.8, 4) is 0 Å². The summed E-state index contributed by atoms with van der Waals surface area (Å²) in [5, 5.41) is 18.2. The van der Waals surface area contributed by atoms with Crippen LogP contribution >= 0.6 is 0 Å². The van der Waals surface area contributed by atoms with Gasteiger partial charge in [0.25, 0.3) is 0 Å². The highest BCUT2D eigenvalue weighted by Crippen LogP contribution is 2.13. The van der Waals surface area contributed by atoms with E-state index in [1.54, 1.807) is 25.4 Å². The topological polar surface area (TPSA) is 86.3 Å². The average molecular weight is 332 g/mol. The number of urea groups is 1. The summed E-state index contributed by atoms with van der Waals surface area (Å²) in [5.74, 6) is -0.325. The molecule has 1 aromatic carbocycles. The van der Waals surface area contributed by atoms with Gasteiger partial charge in [0, 0.05) is 36.9 Å². The number of halogens is 1. The third kappa shape index (κ3) is 5.20. The number of hydrogen-bond acceptors (Lipinski definition) is 4. The Labute approximate surface area is 140 Å². The number of aromatic nitrogens is 1. The normalized spacial score (nSPS) is 11.7. The highest BCUT2D eigenvalue weighted by molar-refractivity contribution is 5.89. The van der Waals surface area contributed by atoms with Crippen molar-refractivity contribution in [2.45, 2.75) is 20.0 Å². The van der Waals surface area contributed by atoms with E-state index in [0.717, 1.165) is 11.3 Å². The van der Waals surface area contributed by atoms with Crippen molar-refractivity contribution >= 4 is 17.4 Å². The van der Waals surface area contributed by atoms with Crippen molar-refractivity contribution in [2.75, 3.05) is 23.7 Å². The van der Waals surface area contributed by atoms with E-state index in [1.165, 1.54) is 12.1 Å². The second-order valence-electron chi connectivity index (χ2n) is 5.52. The van der Waals surface area contributed by atoms with Crippen LogP contribution in [0.4, 0.5) is 20.6 Å². The molecular weight excluding hydrogens is 311 g/mol. The summed E-state index contributed by atoms with van der Waals surface area (Å²) in [5.41, 5.74) is 2.80. The van der Waals surface area contributed by atoms with Crippen molar-refractivity contribution in [3.63, 3.8) is 0 Å². The van der Waals surface area contributed by atoms with Crippen molar-refractivity contribution in [2.24, 2.45) is 0 Å². The summed E-state index contributed by atoms with van der Waals surface area (Å²) in [6.07, 6.45) is 2.64. The highest BCUT2D eigenvalue weighted by atomic mass is 19.1. The minimum absolute atomic E-state index is 0.0864. The Hall–Kier alpha value is -2.67. The molecule has 0 radical (unpaired) electrons. The van der Waals surface area contributed by atoms with Gasteiger partial charge in [0.05, 0.1) is 6.10 Å². The third-order valence-corrected chi connectivity index (χ3v) is 3.46. The van der Waals surface area contributed by atoms with Crippen LogP contribution in [0.25, 0.3) is 0 Å². The van der Waals surface area contributed by atoms with Crippen LogP contribution in [0.1, 0.15) is 11.1 Å². The molecule has 2 rings (SSSR count). The lowest BCUT2D eigenvalue weighted by Gasteiger charge is -2.15. The molecule has 1 atom stereocenters. The van der Waals surface area contributed by atoms with Gasteiger partial charge in [0.2, 0.25) is 0 Å². The molecule has 24 heavy (non-hydrogen) atoms. The van der Waals surface area contributed by atoms with Gasteiger partial charge in [0.15, 0.2) is 0 Å². The fourth-order valence-corrected chi connectivity index (χ4v) is 2.08. The van der Waals surface area contributed by atoms with E-state index in [2.05, 4.69) is 20.9 Å². The van der Waals surface area contributed by atoms with Gasteiger partial charge in [-0.2, -0.15) is 0 Å². The van der Waals surface area contributed by atoms with Gasteiger partial charge in [0.1, 0.15) is 5.82 Å². The lowest BCUT2D eigenvalue weighted by Crippen LogP contribution is -2.38. The number of nitrogens with one attached hydrogen (secondary N) is 3. The number of amides is 2. The Bertz CT molecular complexity index is 709. The first-order valence-corrected chi connectivity index (χ1v) is 7.59. The van der Waals surface area contributed by atoms with Crippen LogP contribution in [-0.2, 0) is 0 Å². The molecule has 1 heterocycles. The van der Waals surface area contributed by atoms with Crippen LogP contribution in [0.15, 0.2) is 36.7 Å². The summed E-state index contributed by atoms with van der Waals surface area (Å²) in [6.45, 7) is 3.91. The highest BCUT2D eigenvalue weighted by Gasteiger charge is 2.08. The molecule has 1 aromatic heterocycles. The first kappa shape index (κ1) is 17.7. The maximum absolute atomic E-state index is 13.2. The Kier molecular flexibility index (Phi) is 6.08. The predicted molar refractivity (Wildman–Crippen MR) is 91.6 cm³/mol. The molecule has 2 aromatic rings. The fourth-order valence-electron chi connectivity index (χ4n) is 2.08. The molecule has 4 N–H and O–H groups in total. The minimum atomic E-state index is -0.752. The number of pyridine rings is 1. The number of carbonyl (C=O) groups is 1. The molecule has 0 aliphatic carbocycles. The number of hydrogen-bond donors (Lipinski definition) is 4. The number of rotatable bonds is 6. The van der Waals surface area contributed by atoms with Crippen LogP contribution in [0.5, 0.6) is 0 Å². The van der Waals surface area contributed by atoms with E-state index in [9.17, 15) is 14.3 Å². The zero-order valence-electron chi connectivity index (χ0n) is 13.6. The molecule has 0 saturated heterocycles. The average Bonchev–Trinajstić information content (AvgIpc) is 2.55. The van der Waals surface area contributed by atoms with Gasteiger partial charge in [-0.3, -0.25) is 4.98 Å². The fraction of sp³-hybridized carbons (Fsp3) is 0.294. The Morgan fingerprint density at radius 2 is 2.04 bits per heavy atom. The molecule has 7 heteroatoms. The van der Waals surface area contributed by atoms with E-state index >= 15 is 0 Å². The Morgan fingerprint density at radius 1 is 1.25 bits per heavy atom. The van der Waals surface area contributed by atoms with Crippen LogP contribution in [0.3, 0.4) is 0 Å². The minimum Gasteiger partial charge on any atom is -0.389 e. The van der Waals surface area contributed by atoms with Gasteiger partial charge < -0.3 is 21.1 Å². The third-order valence-electron chi connectivity index (χ3n) is 3.46. The molecule has 128 valence electrons. The van der Waals surface area contributed by atoms with Gasteiger partial charge in [-0.15, -0.1) is 0 Å². The van der Waals surface area contributed by atoms with Crippen molar-refractivity contribution < 1.29 is 14.3 Å². The Morgan fingerprint density at radius 3 is 2.75 bits per heavy atom. The summed E-state index contributed by atoms with van der Waals surface area (Å²) in [4.78, 5) is 15.8. The maximum Gasteiger partial charge on any atom is 0.319 e. The summed E-state index contributed by atoms with van der Waals surface area (Å²) in [7, 11) is 0. The van der Waals surface area contributed by atoms with Gasteiger partial charge in [-0.1, -0.05) is 0 Å². The maximum atomic E-state index is 13.2. The molecule has 1 unspecified atom stereocenters. The van der Waals surface area contributed by atoms with Crippen LogP contribution in [0, 0.1) is 19.7 Å². The summed E-state index contributed by atoms with van der Waals surface area (Å²) >= 11 is 0. The number of anilines is 2. The Balaban J connectivity index is 1.74. The van der Waals surface area contributed by atoms with E-state index in [-0.39, 0.29) is 12.4 Å². The molecule has 0 aliphatic rings. The first-order chi connectivity index (χ1) is 11.5. The van der Waals surface area contributed by atoms with Crippen molar-refractivity contribution in [3.05, 3.63) is 53.6 Å². The van der Waals surface area contributed by atoms with Crippen LogP contribution < -0.4 is 16.0 Å². The standard InChI is InChI=1S/C17H21FN4O2/c1-11-7-13(3-4-15(11)18)22-17(24)21-10-14(23)9-20-16-5-6-19-8-12(16)2/h3-8,14,23H,9-10H2,1-2H3,(H,19,20)(H2,21,22,24). The molecule has 0 spiro atoms. The number of benzene rings is 1. The van der Waals surface area contributed by atoms with E-state index < -0.39 is 12.1 Å². The van der Waals surface area contributed by atoms with E-state index in [1.807, 2.05) is 13.0 Å². The van der Waals surface area contributed by atoms with E-state index in [0.29, 0.717) is 17.8 Å². The molecule has 0 bridgehead atoms. The second-order valence-corrected chi connectivity index (χ2v) is 5.52. The molecule has 0 saturated carbocycles. The quantitative estimate of drug-likeness (QED) is 0.654. The zero-order valence-corrected chi connectivity index (χ0v) is 13.6. The molecule has 6 nitrogen and oxygen atoms in total. The molecule has 0 aliphatic heterocycles. The van der Waals surface area contributed by atoms with Gasteiger partial charge in [-0.25, -0.2) is 9.18 Å². The van der Waals surface area contributed by atoms with Gasteiger partial charge >= 0.3 is 6.03 Å². The van der Waals surface area contributed by atoms with Crippen LogP contribution in [-0.4, -0.2) is 35.3 Å². The largest absolute Gasteiger partial charge is 0.389 e. The van der Waals surface area contributed by atoms with E-state index in [4.69, 9.17) is 0 Å². The number of aryl methyl sites for hydroxylation is 2. The second kappa shape index (κ2) is 8.26. The lowest BCUT2D eigenvalue weighted by atomic mass is 10.2. The molecule has 2 amide bonds. The lowest BCUT2D eigenvalue weighted by molar-refractivity contribution is 0.184. The van der Waals surface area contributed by atoms with Crippen LogP contribution in [0.2, 0.25) is 0 Å². The smallest absolute Gasteiger partial charge is 0.319 e. The first-order valence-electron chi connectivity index (χ1n) is 7.59. The number of nitrogens with zero attached hydrogens (tertiary/aromatic N) is 1. The monoisotopic (exact) mass is 332 g/mol. The molecular formula is C17H21FN4O2. The number of aliphatic hydroxyl groups excluding tert-OH is 1. The molecule has 0 fully saturated rings. The van der Waals surface area contributed by atoms with Crippen molar-refractivity contribution in [1.82, 2.24) is 10.3 Å². The summed E-state index contributed by atoms with van der Waals surface area (Å²) < 4.78 is 13.2.